The molecule has 3 heterocycles. The fourth-order valence-electron chi connectivity index (χ4n) is 5.48. The standard InChI is InChI=1S/C32H30F5N5O4/c1-41(2)25-7-5-11-39-29(25)21-9-8-18(20-6-4-10-38-28(20)21)14-24(31(44)45-3)40-30(43)27-22(33)15-19(16-23(27)34)42-12-13-46-17-26(42)32(35,36)37/h4-11,15-16,24,26H,12-14,17H2,1-3H3,(H,40,43)/t24-,26+/m0/s1. The van der Waals surface area contributed by atoms with Gasteiger partial charge in [-0.25, -0.2) is 13.6 Å². The minimum atomic E-state index is -4.72. The maximum absolute atomic E-state index is 15.2. The molecule has 46 heavy (non-hydrogen) atoms. The molecular formula is C32H30F5N5O4. The average molecular weight is 644 g/mol. The number of methoxy groups -OCH3 is 1. The molecular weight excluding hydrogens is 613 g/mol. The lowest BCUT2D eigenvalue weighted by Crippen LogP contribution is -2.53. The second kappa shape index (κ2) is 13.3. The third-order valence-corrected chi connectivity index (χ3v) is 7.69. The summed E-state index contributed by atoms with van der Waals surface area (Å²) in [5.41, 5.74) is 1.94. The van der Waals surface area contributed by atoms with Gasteiger partial charge in [0.15, 0.2) is 0 Å². The quantitative estimate of drug-likeness (QED) is 0.214. The summed E-state index contributed by atoms with van der Waals surface area (Å²) in [5.74, 6) is -4.95. The van der Waals surface area contributed by atoms with Crippen molar-refractivity contribution in [3.8, 4) is 11.3 Å². The molecule has 14 heteroatoms. The zero-order chi connectivity index (χ0) is 33.2. The maximum Gasteiger partial charge on any atom is 0.411 e. The van der Waals surface area contributed by atoms with Crippen molar-refractivity contribution in [2.75, 3.05) is 50.8 Å². The Morgan fingerprint density at radius 3 is 2.46 bits per heavy atom. The summed E-state index contributed by atoms with van der Waals surface area (Å²) in [4.78, 5) is 37.8. The monoisotopic (exact) mass is 643 g/mol. The van der Waals surface area contributed by atoms with Crippen LogP contribution >= 0.6 is 0 Å². The SMILES string of the molecule is COC(=O)[C@H](Cc1ccc(-c2ncccc2N(C)C)c2ncccc12)NC(=O)c1c(F)cc(N2CCOC[C@@H]2C(F)(F)F)cc1F. The van der Waals surface area contributed by atoms with Gasteiger partial charge in [0.25, 0.3) is 5.91 Å². The molecule has 1 saturated heterocycles. The smallest absolute Gasteiger partial charge is 0.411 e. The van der Waals surface area contributed by atoms with Crippen LogP contribution in [0.2, 0.25) is 0 Å². The van der Waals surface area contributed by atoms with Gasteiger partial charge in [-0.2, -0.15) is 13.2 Å². The number of halogens is 5. The van der Waals surface area contributed by atoms with Crippen LogP contribution in [0, 0.1) is 11.6 Å². The number of carbonyl (C=O) groups is 2. The summed E-state index contributed by atoms with van der Waals surface area (Å²) in [6.45, 7) is -1.06. The number of nitrogens with one attached hydrogen (secondary N) is 1. The van der Waals surface area contributed by atoms with E-state index in [1.165, 1.54) is 0 Å². The first kappa shape index (κ1) is 32.5. The van der Waals surface area contributed by atoms with Crippen LogP contribution in [0.5, 0.6) is 0 Å². The van der Waals surface area contributed by atoms with Crippen molar-refractivity contribution >= 4 is 34.2 Å². The molecule has 1 aliphatic rings. The second-order valence-electron chi connectivity index (χ2n) is 10.8. The minimum Gasteiger partial charge on any atom is -0.467 e. The third-order valence-electron chi connectivity index (χ3n) is 7.69. The number of esters is 1. The van der Waals surface area contributed by atoms with Gasteiger partial charge in [-0.3, -0.25) is 14.8 Å². The van der Waals surface area contributed by atoms with Gasteiger partial charge in [-0.05, 0) is 35.9 Å². The summed E-state index contributed by atoms with van der Waals surface area (Å²) in [6, 6.07) is 8.56. The van der Waals surface area contributed by atoms with Crippen LogP contribution in [0.15, 0.2) is 60.9 Å². The number of ether oxygens (including phenoxy) is 2. The number of rotatable bonds is 8. The molecule has 2 atom stereocenters. The van der Waals surface area contributed by atoms with E-state index in [1.807, 2.05) is 31.1 Å². The van der Waals surface area contributed by atoms with E-state index in [0.29, 0.717) is 34.3 Å². The first-order valence-corrected chi connectivity index (χ1v) is 14.2. The number of anilines is 2. The summed E-state index contributed by atoms with van der Waals surface area (Å²) in [5, 5.41) is 2.98. The minimum absolute atomic E-state index is 0.0806. The molecule has 9 nitrogen and oxygen atoms in total. The van der Waals surface area contributed by atoms with Gasteiger partial charge in [0.2, 0.25) is 0 Å². The lowest BCUT2D eigenvalue weighted by atomic mass is 9.96. The highest BCUT2D eigenvalue weighted by Gasteiger charge is 2.46. The highest BCUT2D eigenvalue weighted by Crippen LogP contribution is 2.35. The Hall–Kier alpha value is -4.85. The highest BCUT2D eigenvalue weighted by molar-refractivity contribution is 5.99. The highest BCUT2D eigenvalue weighted by atomic mass is 19.4. The molecule has 4 aromatic rings. The number of benzene rings is 2. The fourth-order valence-corrected chi connectivity index (χ4v) is 5.48. The Bertz CT molecular complexity index is 1740. The van der Waals surface area contributed by atoms with Crippen LogP contribution in [0.1, 0.15) is 15.9 Å². The number of aromatic nitrogens is 2. The maximum atomic E-state index is 15.2. The Kier molecular flexibility index (Phi) is 9.37. The van der Waals surface area contributed by atoms with Crippen molar-refractivity contribution in [1.29, 1.82) is 0 Å². The molecule has 1 fully saturated rings. The Morgan fingerprint density at radius 1 is 1.09 bits per heavy atom. The van der Waals surface area contributed by atoms with Gasteiger partial charge in [-0.15, -0.1) is 0 Å². The first-order chi connectivity index (χ1) is 21.9. The molecule has 0 aliphatic carbocycles. The van der Waals surface area contributed by atoms with Gasteiger partial charge in [0.1, 0.15) is 29.3 Å². The number of fused-ring (bicyclic) bond motifs is 1. The van der Waals surface area contributed by atoms with Crippen molar-refractivity contribution in [2.45, 2.75) is 24.7 Å². The van der Waals surface area contributed by atoms with Crippen LogP contribution in [0.3, 0.4) is 0 Å². The largest absolute Gasteiger partial charge is 0.467 e. The van der Waals surface area contributed by atoms with Crippen molar-refractivity contribution in [3.63, 3.8) is 0 Å². The second-order valence-corrected chi connectivity index (χ2v) is 10.8. The summed E-state index contributed by atoms with van der Waals surface area (Å²) in [7, 11) is 4.87. The summed E-state index contributed by atoms with van der Waals surface area (Å²) < 4.78 is 80.9. The van der Waals surface area contributed by atoms with E-state index >= 15 is 8.78 Å². The lowest BCUT2D eigenvalue weighted by molar-refractivity contribution is -0.167. The lowest BCUT2D eigenvalue weighted by Gasteiger charge is -2.38. The van der Waals surface area contributed by atoms with Crippen LogP contribution in [0.4, 0.5) is 33.3 Å². The van der Waals surface area contributed by atoms with Gasteiger partial charge in [0.05, 0.1) is 37.2 Å². The zero-order valence-corrected chi connectivity index (χ0v) is 25.1. The number of nitrogens with zero attached hydrogens (tertiary/aromatic N) is 4. The molecule has 2 aromatic heterocycles. The number of hydrogen-bond acceptors (Lipinski definition) is 8. The molecule has 0 spiro atoms. The van der Waals surface area contributed by atoms with Crippen molar-refractivity contribution in [2.24, 2.45) is 0 Å². The summed E-state index contributed by atoms with van der Waals surface area (Å²) >= 11 is 0. The number of pyridine rings is 2. The number of carbonyl (C=O) groups excluding carboxylic acids is 2. The van der Waals surface area contributed by atoms with Crippen molar-refractivity contribution in [1.82, 2.24) is 15.3 Å². The van der Waals surface area contributed by atoms with Crippen LogP contribution < -0.4 is 15.1 Å². The fraction of sp³-hybridized carbons (Fsp3) is 0.312. The summed E-state index contributed by atoms with van der Waals surface area (Å²) in [6.07, 6.45) is -1.59. The molecule has 1 amide bonds. The van der Waals surface area contributed by atoms with Crippen LogP contribution in [-0.2, 0) is 20.7 Å². The molecule has 242 valence electrons. The third kappa shape index (κ3) is 6.57. The molecule has 1 aliphatic heterocycles. The number of alkyl halides is 3. The zero-order valence-electron chi connectivity index (χ0n) is 25.1. The molecule has 5 rings (SSSR count). The van der Waals surface area contributed by atoms with E-state index in [2.05, 4.69) is 15.3 Å². The first-order valence-electron chi connectivity index (χ1n) is 14.2. The van der Waals surface area contributed by atoms with Crippen LogP contribution in [-0.4, -0.2) is 81.1 Å². The van der Waals surface area contributed by atoms with Crippen molar-refractivity contribution in [3.05, 3.63) is 83.7 Å². The van der Waals surface area contributed by atoms with Crippen molar-refractivity contribution < 1.29 is 41.0 Å². The Balaban J connectivity index is 1.45. The number of amides is 1. The molecule has 0 bridgehead atoms. The normalized spacial score (nSPS) is 15.8. The number of morpholine rings is 1. The van der Waals surface area contributed by atoms with Gasteiger partial charge in [-0.1, -0.05) is 18.2 Å². The predicted octanol–water partition coefficient (Wildman–Crippen LogP) is 4.92. The molecule has 0 radical (unpaired) electrons. The van der Waals surface area contributed by atoms with E-state index in [-0.39, 0.29) is 19.6 Å². The van der Waals surface area contributed by atoms with E-state index < -0.39 is 59.6 Å². The Labute approximate surface area is 260 Å². The van der Waals surface area contributed by atoms with E-state index in [1.54, 1.807) is 36.7 Å². The van der Waals surface area contributed by atoms with E-state index in [0.717, 1.165) is 23.3 Å². The molecule has 0 unspecified atom stereocenters. The van der Waals surface area contributed by atoms with E-state index in [4.69, 9.17) is 9.47 Å². The molecule has 0 saturated carbocycles. The average Bonchev–Trinajstić information content (AvgIpc) is 3.03. The molecule has 1 N–H and O–H groups in total. The Morgan fingerprint density at radius 2 is 1.78 bits per heavy atom. The van der Waals surface area contributed by atoms with Gasteiger partial charge >= 0.3 is 12.1 Å². The van der Waals surface area contributed by atoms with Gasteiger partial charge in [0, 0.05) is 56.1 Å². The van der Waals surface area contributed by atoms with Gasteiger partial charge < -0.3 is 24.6 Å². The van der Waals surface area contributed by atoms with Crippen LogP contribution in [0.25, 0.3) is 22.2 Å². The topological polar surface area (TPSA) is 96.9 Å². The predicted molar refractivity (Wildman–Crippen MR) is 161 cm³/mol. The van der Waals surface area contributed by atoms with E-state index in [9.17, 15) is 22.8 Å². The number of hydrogen-bond donors (Lipinski definition) is 1. The molecule has 2 aromatic carbocycles.